The molecule has 1 heteroatoms. The van der Waals surface area contributed by atoms with E-state index in [1.807, 2.05) is 0 Å². The molecule has 0 heterocycles. The Bertz CT molecular complexity index is 353. The lowest BCUT2D eigenvalue weighted by Crippen LogP contribution is -2.11. The summed E-state index contributed by atoms with van der Waals surface area (Å²) in [7, 11) is 0. The number of hydrogen-bond acceptors (Lipinski definition) is 1. The fourth-order valence-electron chi connectivity index (χ4n) is 2.05. The highest BCUT2D eigenvalue weighted by Crippen LogP contribution is 2.27. The molecule has 0 N–H and O–H groups in total. The van der Waals surface area contributed by atoms with Crippen molar-refractivity contribution in [3.05, 3.63) is 47.5 Å². The molecule has 1 nitrogen and oxygen atoms in total. The van der Waals surface area contributed by atoms with Gasteiger partial charge in [0.1, 0.15) is 0 Å². The molecular formula is C17H26O. The van der Waals surface area contributed by atoms with Crippen molar-refractivity contribution in [1.82, 2.24) is 0 Å². The average molecular weight is 246 g/mol. The fraction of sp³-hybridized carbons (Fsp3) is 0.529. The van der Waals surface area contributed by atoms with Crippen molar-refractivity contribution in [2.24, 2.45) is 0 Å². The summed E-state index contributed by atoms with van der Waals surface area (Å²) in [5, 5.41) is 0. The molecule has 0 fully saturated rings. The van der Waals surface area contributed by atoms with Crippen molar-refractivity contribution in [3.8, 4) is 0 Å². The molecule has 0 amide bonds. The Morgan fingerprint density at radius 2 is 1.94 bits per heavy atom. The SMILES string of the molecule is CC=C(C)C(CCOC(C)CC)c1ccccc1. The molecule has 2 unspecified atom stereocenters. The zero-order valence-electron chi connectivity index (χ0n) is 12.1. The van der Waals surface area contributed by atoms with Gasteiger partial charge in [-0.15, -0.1) is 0 Å². The second kappa shape index (κ2) is 8.10. The normalized spacial score (nSPS) is 15.4. The molecule has 0 bridgehead atoms. The van der Waals surface area contributed by atoms with Crippen LogP contribution in [0, 0.1) is 0 Å². The first-order chi connectivity index (χ1) is 8.69. The Labute approximate surface area is 112 Å². The summed E-state index contributed by atoms with van der Waals surface area (Å²) in [6.07, 6.45) is 4.72. The molecular weight excluding hydrogens is 220 g/mol. The van der Waals surface area contributed by atoms with Crippen LogP contribution >= 0.6 is 0 Å². The molecule has 0 radical (unpaired) electrons. The van der Waals surface area contributed by atoms with Gasteiger partial charge in [-0.2, -0.15) is 0 Å². The van der Waals surface area contributed by atoms with E-state index in [2.05, 4.69) is 64.1 Å². The van der Waals surface area contributed by atoms with E-state index in [0.717, 1.165) is 19.4 Å². The number of hydrogen-bond donors (Lipinski definition) is 0. The molecule has 1 aromatic rings. The van der Waals surface area contributed by atoms with E-state index < -0.39 is 0 Å². The second-order valence-electron chi connectivity index (χ2n) is 4.87. The van der Waals surface area contributed by atoms with Crippen LogP contribution in [0.2, 0.25) is 0 Å². The molecule has 0 spiro atoms. The Kier molecular flexibility index (Phi) is 6.74. The Balaban J connectivity index is 2.63. The van der Waals surface area contributed by atoms with Gasteiger partial charge in [0.05, 0.1) is 6.10 Å². The minimum Gasteiger partial charge on any atom is -0.378 e. The summed E-state index contributed by atoms with van der Waals surface area (Å²) in [6.45, 7) is 9.46. The minimum absolute atomic E-state index is 0.368. The molecule has 0 saturated carbocycles. The van der Waals surface area contributed by atoms with Gasteiger partial charge in [0, 0.05) is 12.5 Å². The van der Waals surface area contributed by atoms with E-state index in [-0.39, 0.29) is 0 Å². The first-order valence-corrected chi connectivity index (χ1v) is 6.98. The predicted octanol–water partition coefficient (Wildman–Crippen LogP) is 4.94. The standard InChI is InChI=1S/C17H26O/c1-5-14(3)17(12-13-18-15(4)6-2)16-10-8-7-9-11-16/h5,7-11,15,17H,6,12-13H2,1-4H3. The third kappa shape index (κ3) is 4.66. The summed E-state index contributed by atoms with van der Waals surface area (Å²) < 4.78 is 5.81. The molecule has 0 aliphatic heterocycles. The van der Waals surface area contributed by atoms with E-state index in [1.165, 1.54) is 11.1 Å². The van der Waals surface area contributed by atoms with Crippen LogP contribution in [0.3, 0.4) is 0 Å². The van der Waals surface area contributed by atoms with E-state index in [4.69, 9.17) is 4.74 Å². The van der Waals surface area contributed by atoms with E-state index in [1.54, 1.807) is 0 Å². The molecule has 1 rings (SSSR count). The second-order valence-corrected chi connectivity index (χ2v) is 4.87. The number of ether oxygens (including phenoxy) is 1. The van der Waals surface area contributed by atoms with Crippen molar-refractivity contribution < 1.29 is 4.74 Å². The smallest absolute Gasteiger partial charge is 0.0544 e. The van der Waals surface area contributed by atoms with Crippen LogP contribution in [-0.4, -0.2) is 12.7 Å². The number of allylic oxidation sites excluding steroid dienone is 2. The topological polar surface area (TPSA) is 9.23 Å². The fourth-order valence-corrected chi connectivity index (χ4v) is 2.05. The molecule has 100 valence electrons. The van der Waals surface area contributed by atoms with Crippen molar-refractivity contribution in [2.75, 3.05) is 6.61 Å². The third-order valence-electron chi connectivity index (χ3n) is 3.59. The first-order valence-electron chi connectivity index (χ1n) is 6.98. The Hall–Kier alpha value is -1.08. The molecule has 0 aliphatic carbocycles. The lowest BCUT2D eigenvalue weighted by atomic mass is 9.89. The van der Waals surface area contributed by atoms with Crippen LogP contribution in [0.4, 0.5) is 0 Å². The van der Waals surface area contributed by atoms with Crippen LogP contribution in [0.5, 0.6) is 0 Å². The third-order valence-corrected chi connectivity index (χ3v) is 3.59. The Morgan fingerprint density at radius 1 is 1.28 bits per heavy atom. The average Bonchev–Trinajstić information content (AvgIpc) is 2.43. The highest BCUT2D eigenvalue weighted by Gasteiger charge is 2.13. The van der Waals surface area contributed by atoms with Gasteiger partial charge in [-0.25, -0.2) is 0 Å². The van der Waals surface area contributed by atoms with Crippen LogP contribution < -0.4 is 0 Å². The van der Waals surface area contributed by atoms with Crippen LogP contribution in [0.1, 0.15) is 52.0 Å². The highest BCUT2D eigenvalue weighted by molar-refractivity contribution is 5.27. The molecule has 0 aromatic heterocycles. The van der Waals surface area contributed by atoms with E-state index in [0.29, 0.717) is 12.0 Å². The maximum atomic E-state index is 5.81. The van der Waals surface area contributed by atoms with Gasteiger partial charge < -0.3 is 4.74 Å². The van der Waals surface area contributed by atoms with E-state index >= 15 is 0 Å². The van der Waals surface area contributed by atoms with Gasteiger partial charge in [0.25, 0.3) is 0 Å². The number of rotatable bonds is 7. The minimum atomic E-state index is 0.368. The summed E-state index contributed by atoms with van der Waals surface area (Å²) >= 11 is 0. The van der Waals surface area contributed by atoms with Gasteiger partial charge >= 0.3 is 0 Å². The lowest BCUT2D eigenvalue weighted by molar-refractivity contribution is 0.0600. The Morgan fingerprint density at radius 3 is 2.50 bits per heavy atom. The largest absolute Gasteiger partial charge is 0.378 e. The quantitative estimate of drug-likeness (QED) is 0.619. The molecule has 1 aromatic carbocycles. The summed E-state index contributed by atoms with van der Waals surface area (Å²) in [5.41, 5.74) is 2.81. The zero-order valence-corrected chi connectivity index (χ0v) is 12.1. The van der Waals surface area contributed by atoms with Crippen LogP contribution in [0.15, 0.2) is 42.0 Å². The summed E-state index contributed by atoms with van der Waals surface area (Å²) in [5.74, 6) is 0.486. The van der Waals surface area contributed by atoms with Gasteiger partial charge in [0.15, 0.2) is 0 Å². The monoisotopic (exact) mass is 246 g/mol. The van der Waals surface area contributed by atoms with Gasteiger partial charge in [0.2, 0.25) is 0 Å². The molecule has 2 atom stereocenters. The highest BCUT2D eigenvalue weighted by atomic mass is 16.5. The summed E-state index contributed by atoms with van der Waals surface area (Å²) in [6, 6.07) is 10.7. The van der Waals surface area contributed by atoms with Gasteiger partial charge in [-0.3, -0.25) is 0 Å². The van der Waals surface area contributed by atoms with Crippen molar-refractivity contribution in [2.45, 2.75) is 52.6 Å². The maximum Gasteiger partial charge on any atom is 0.0544 e. The van der Waals surface area contributed by atoms with Crippen molar-refractivity contribution >= 4 is 0 Å². The van der Waals surface area contributed by atoms with Gasteiger partial charge in [-0.05, 0) is 39.2 Å². The van der Waals surface area contributed by atoms with Crippen molar-refractivity contribution in [1.29, 1.82) is 0 Å². The molecule has 0 saturated heterocycles. The lowest BCUT2D eigenvalue weighted by Gasteiger charge is -2.19. The zero-order chi connectivity index (χ0) is 13.4. The molecule has 18 heavy (non-hydrogen) atoms. The first kappa shape index (κ1) is 15.0. The van der Waals surface area contributed by atoms with Gasteiger partial charge in [-0.1, -0.05) is 48.9 Å². The maximum absolute atomic E-state index is 5.81. The van der Waals surface area contributed by atoms with Crippen molar-refractivity contribution in [3.63, 3.8) is 0 Å². The van der Waals surface area contributed by atoms with Crippen LogP contribution in [-0.2, 0) is 4.74 Å². The predicted molar refractivity (Wildman–Crippen MR) is 78.9 cm³/mol. The number of benzene rings is 1. The summed E-state index contributed by atoms with van der Waals surface area (Å²) in [4.78, 5) is 0. The molecule has 0 aliphatic rings. The van der Waals surface area contributed by atoms with E-state index in [9.17, 15) is 0 Å². The van der Waals surface area contributed by atoms with Crippen LogP contribution in [0.25, 0.3) is 0 Å².